The highest BCUT2D eigenvalue weighted by Crippen LogP contribution is 2.29. The molecule has 1 aromatic rings. The van der Waals surface area contributed by atoms with Gasteiger partial charge < -0.3 is 5.32 Å². The zero-order valence-electron chi connectivity index (χ0n) is 11.6. The van der Waals surface area contributed by atoms with Gasteiger partial charge in [0, 0.05) is 35.9 Å². The molecule has 0 saturated carbocycles. The minimum Gasteiger partial charge on any atom is -0.336 e. The molecule has 2 atom stereocenters. The molecule has 1 N–H and O–H groups in total. The van der Waals surface area contributed by atoms with Crippen LogP contribution in [0.3, 0.4) is 0 Å². The Labute approximate surface area is 114 Å². The van der Waals surface area contributed by atoms with Crippen LogP contribution in [-0.2, 0) is 6.54 Å². The van der Waals surface area contributed by atoms with Gasteiger partial charge in [0.25, 0.3) is 0 Å². The van der Waals surface area contributed by atoms with E-state index in [1.807, 2.05) is 13.1 Å². The summed E-state index contributed by atoms with van der Waals surface area (Å²) in [6.07, 6.45) is 4.63. The van der Waals surface area contributed by atoms with Crippen molar-refractivity contribution in [2.45, 2.75) is 46.2 Å². The Kier molecular flexibility index (Phi) is 4.40. The van der Waals surface area contributed by atoms with Crippen molar-refractivity contribution in [3.8, 4) is 0 Å². The molecule has 0 radical (unpaired) electrons. The fourth-order valence-electron chi connectivity index (χ4n) is 2.55. The topological polar surface area (TPSA) is 28.2 Å². The van der Waals surface area contributed by atoms with Gasteiger partial charge in [-0.25, -0.2) is 4.98 Å². The number of hydrogen-bond donors (Lipinski definition) is 1. The molecule has 0 spiro atoms. The van der Waals surface area contributed by atoms with Crippen LogP contribution in [0.2, 0.25) is 0 Å². The van der Waals surface area contributed by atoms with Crippen molar-refractivity contribution in [2.24, 2.45) is 5.92 Å². The van der Waals surface area contributed by atoms with Crippen molar-refractivity contribution in [1.82, 2.24) is 9.88 Å². The first-order valence-corrected chi connectivity index (χ1v) is 7.51. The van der Waals surface area contributed by atoms with E-state index in [1.54, 1.807) is 11.3 Å². The highest BCUT2D eigenvalue weighted by atomic mass is 32.1. The molecule has 2 heterocycles. The minimum absolute atomic E-state index is 0.703. The molecule has 0 amide bonds. The van der Waals surface area contributed by atoms with Gasteiger partial charge in [-0.2, -0.15) is 0 Å². The SMILES string of the molecule is C=C(C)Nc1ncc(CN2CC(CC)CC2C)s1. The second-order valence-corrected chi connectivity index (χ2v) is 6.44. The Morgan fingerprint density at radius 1 is 1.67 bits per heavy atom. The van der Waals surface area contributed by atoms with Crippen molar-refractivity contribution in [3.63, 3.8) is 0 Å². The van der Waals surface area contributed by atoms with Crippen LogP contribution in [0, 0.1) is 5.92 Å². The zero-order chi connectivity index (χ0) is 13.1. The molecule has 0 bridgehead atoms. The molecule has 1 fully saturated rings. The van der Waals surface area contributed by atoms with Crippen molar-refractivity contribution in [2.75, 3.05) is 11.9 Å². The van der Waals surface area contributed by atoms with E-state index >= 15 is 0 Å². The number of thiazole rings is 1. The van der Waals surface area contributed by atoms with Gasteiger partial charge in [-0.05, 0) is 26.2 Å². The molecule has 0 aromatic carbocycles. The van der Waals surface area contributed by atoms with E-state index in [2.05, 4.69) is 35.6 Å². The summed E-state index contributed by atoms with van der Waals surface area (Å²) in [5.41, 5.74) is 0.941. The molecule has 18 heavy (non-hydrogen) atoms. The zero-order valence-corrected chi connectivity index (χ0v) is 12.4. The van der Waals surface area contributed by atoms with Gasteiger partial charge in [0.15, 0.2) is 5.13 Å². The van der Waals surface area contributed by atoms with E-state index in [0.29, 0.717) is 6.04 Å². The lowest BCUT2D eigenvalue weighted by Gasteiger charge is -2.19. The second-order valence-electron chi connectivity index (χ2n) is 5.33. The Morgan fingerprint density at radius 3 is 3.06 bits per heavy atom. The van der Waals surface area contributed by atoms with E-state index in [4.69, 9.17) is 0 Å². The van der Waals surface area contributed by atoms with E-state index in [1.165, 1.54) is 24.3 Å². The number of aromatic nitrogens is 1. The summed E-state index contributed by atoms with van der Waals surface area (Å²) in [5.74, 6) is 0.876. The van der Waals surface area contributed by atoms with Crippen LogP contribution in [0.5, 0.6) is 0 Å². The number of nitrogens with zero attached hydrogens (tertiary/aromatic N) is 2. The monoisotopic (exact) mass is 265 g/mol. The summed E-state index contributed by atoms with van der Waals surface area (Å²) in [7, 11) is 0. The van der Waals surface area contributed by atoms with Crippen LogP contribution in [0.25, 0.3) is 0 Å². The van der Waals surface area contributed by atoms with Gasteiger partial charge in [0.1, 0.15) is 0 Å². The normalized spacial score (nSPS) is 24.4. The molecule has 4 heteroatoms. The fraction of sp³-hybridized carbons (Fsp3) is 0.643. The maximum Gasteiger partial charge on any atom is 0.187 e. The fourth-order valence-corrected chi connectivity index (χ4v) is 3.47. The Balaban J connectivity index is 1.93. The number of rotatable bonds is 5. The standard InChI is InChI=1S/C14H23N3S/c1-5-12-6-11(4)17(8-12)9-13-7-15-14(18-13)16-10(2)3/h7,11-12H,2,5-6,8-9H2,1,3-4H3,(H,15,16). The van der Waals surface area contributed by atoms with E-state index in [9.17, 15) is 0 Å². The van der Waals surface area contributed by atoms with Crippen LogP contribution >= 0.6 is 11.3 Å². The smallest absolute Gasteiger partial charge is 0.187 e. The molecular weight excluding hydrogens is 242 g/mol. The molecule has 1 saturated heterocycles. The molecule has 3 nitrogen and oxygen atoms in total. The first-order chi connectivity index (χ1) is 8.58. The second kappa shape index (κ2) is 5.85. The molecule has 100 valence electrons. The molecule has 1 aliphatic rings. The van der Waals surface area contributed by atoms with Gasteiger partial charge >= 0.3 is 0 Å². The third kappa shape index (κ3) is 3.33. The lowest BCUT2D eigenvalue weighted by atomic mass is 10.0. The van der Waals surface area contributed by atoms with Crippen molar-refractivity contribution in [1.29, 1.82) is 0 Å². The highest BCUT2D eigenvalue weighted by molar-refractivity contribution is 7.15. The predicted octanol–water partition coefficient (Wildman–Crippen LogP) is 3.71. The summed E-state index contributed by atoms with van der Waals surface area (Å²) >= 11 is 1.73. The quantitative estimate of drug-likeness (QED) is 0.879. The van der Waals surface area contributed by atoms with E-state index in [-0.39, 0.29) is 0 Å². The van der Waals surface area contributed by atoms with Crippen LogP contribution in [0.15, 0.2) is 18.5 Å². The van der Waals surface area contributed by atoms with Gasteiger partial charge in [-0.15, -0.1) is 11.3 Å². The number of allylic oxidation sites excluding steroid dienone is 1. The van der Waals surface area contributed by atoms with Gasteiger partial charge in [-0.3, -0.25) is 4.90 Å². The molecule has 1 aromatic heterocycles. The highest BCUT2D eigenvalue weighted by Gasteiger charge is 2.27. The molecule has 2 unspecified atom stereocenters. The Morgan fingerprint density at radius 2 is 2.44 bits per heavy atom. The van der Waals surface area contributed by atoms with E-state index < -0.39 is 0 Å². The lowest BCUT2D eigenvalue weighted by Crippen LogP contribution is -2.26. The largest absolute Gasteiger partial charge is 0.336 e. The first-order valence-electron chi connectivity index (χ1n) is 6.69. The maximum absolute atomic E-state index is 4.38. The average Bonchev–Trinajstić information content (AvgIpc) is 2.86. The van der Waals surface area contributed by atoms with Crippen molar-refractivity contribution >= 4 is 16.5 Å². The molecule has 0 aliphatic carbocycles. The van der Waals surface area contributed by atoms with Gasteiger partial charge in [0.05, 0.1) is 0 Å². The maximum atomic E-state index is 4.38. The summed E-state index contributed by atoms with van der Waals surface area (Å²) in [4.78, 5) is 8.29. The number of nitrogens with one attached hydrogen (secondary N) is 1. The lowest BCUT2D eigenvalue weighted by molar-refractivity contribution is 0.257. The minimum atomic E-state index is 0.703. The first kappa shape index (κ1) is 13.6. The van der Waals surface area contributed by atoms with Gasteiger partial charge in [-0.1, -0.05) is 19.9 Å². The number of likely N-dealkylation sites (tertiary alicyclic amines) is 1. The number of hydrogen-bond acceptors (Lipinski definition) is 4. The van der Waals surface area contributed by atoms with Crippen molar-refractivity contribution in [3.05, 3.63) is 23.3 Å². The summed E-state index contributed by atoms with van der Waals surface area (Å²) in [6.45, 7) is 12.7. The Hall–Kier alpha value is -0.870. The van der Waals surface area contributed by atoms with Crippen LogP contribution in [0.4, 0.5) is 5.13 Å². The molecule has 2 rings (SSSR count). The van der Waals surface area contributed by atoms with Crippen LogP contribution in [-0.4, -0.2) is 22.5 Å². The van der Waals surface area contributed by atoms with Gasteiger partial charge in [0.2, 0.25) is 0 Å². The number of anilines is 1. The van der Waals surface area contributed by atoms with E-state index in [0.717, 1.165) is 23.3 Å². The summed E-state index contributed by atoms with van der Waals surface area (Å²) < 4.78 is 0. The average molecular weight is 265 g/mol. The molecular formula is C14H23N3S. The Bertz CT molecular complexity index is 413. The van der Waals surface area contributed by atoms with Crippen LogP contribution < -0.4 is 5.32 Å². The predicted molar refractivity (Wildman–Crippen MR) is 78.8 cm³/mol. The third-order valence-corrected chi connectivity index (χ3v) is 4.50. The molecule has 1 aliphatic heterocycles. The summed E-state index contributed by atoms with van der Waals surface area (Å²) in [6, 6.07) is 0.703. The van der Waals surface area contributed by atoms with Crippen molar-refractivity contribution < 1.29 is 0 Å². The summed E-state index contributed by atoms with van der Waals surface area (Å²) in [5, 5.41) is 4.13. The third-order valence-electron chi connectivity index (χ3n) is 3.60. The van der Waals surface area contributed by atoms with Crippen LogP contribution in [0.1, 0.15) is 38.5 Å².